The van der Waals surface area contributed by atoms with Crippen LogP contribution in [0.4, 0.5) is 4.39 Å². The Bertz CT molecular complexity index is 994. The van der Waals surface area contributed by atoms with E-state index >= 15 is 4.39 Å². The van der Waals surface area contributed by atoms with Gasteiger partial charge in [0.2, 0.25) is 0 Å². The lowest BCUT2D eigenvalue weighted by Gasteiger charge is -2.38. The highest BCUT2D eigenvalue weighted by Gasteiger charge is 2.51. The number of ketones is 1. The first-order chi connectivity index (χ1) is 13.7. The molecule has 8 heteroatoms. The van der Waals surface area contributed by atoms with Gasteiger partial charge in [0.05, 0.1) is 24.8 Å². The number of fused-ring (bicyclic) bond motifs is 1. The Labute approximate surface area is 177 Å². The number of nitriles is 1. The molecule has 0 fully saturated rings. The average Bonchev–Trinajstić information content (AvgIpc) is 2.70. The number of hydrogen-bond acceptors (Lipinski definition) is 5. The summed E-state index contributed by atoms with van der Waals surface area (Å²) in [5.74, 6) is -0.666. The molecule has 1 aliphatic rings. The largest absolute Gasteiger partial charge is 0.392 e. The fourth-order valence-electron chi connectivity index (χ4n) is 3.84. The van der Waals surface area contributed by atoms with Crippen molar-refractivity contribution in [1.29, 1.82) is 5.26 Å². The average molecular weight is 437 g/mol. The van der Waals surface area contributed by atoms with Gasteiger partial charge in [0.15, 0.2) is 11.5 Å². The Morgan fingerprint density at radius 3 is 2.79 bits per heavy atom. The normalized spacial score (nSPS) is 23.3. The number of alkyl halides is 1. The van der Waals surface area contributed by atoms with Crippen LogP contribution in [0, 0.1) is 11.3 Å². The van der Waals surface area contributed by atoms with Gasteiger partial charge in [-0.05, 0) is 48.6 Å². The van der Waals surface area contributed by atoms with Crippen molar-refractivity contribution in [2.75, 3.05) is 0 Å². The van der Waals surface area contributed by atoms with Gasteiger partial charge in [-0.15, -0.1) is 0 Å². The van der Waals surface area contributed by atoms with Gasteiger partial charge in [-0.1, -0.05) is 29.3 Å². The zero-order valence-corrected chi connectivity index (χ0v) is 17.0. The van der Waals surface area contributed by atoms with Crippen molar-refractivity contribution in [3.8, 4) is 6.07 Å². The maximum atomic E-state index is 15.9. The summed E-state index contributed by atoms with van der Waals surface area (Å²) in [6.07, 6.45) is 0.810. The third kappa shape index (κ3) is 4.01. The van der Waals surface area contributed by atoms with E-state index in [1.165, 1.54) is 24.4 Å². The molecule has 1 aromatic carbocycles. The molecule has 1 aliphatic carbocycles. The molecular weight excluding hydrogens is 418 g/mol. The van der Waals surface area contributed by atoms with Crippen LogP contribution in [0.2, 0.25) is 10.0 Å². The number of benzene rings is 1. The first kappa shape index (κ1) is 21.7. The van der Waals surface area contributed by atoms with Crippen LogP contribution in [0.25, 0.3) is 0 Å². The molecule has 1 aromatic heterocycles. The molecule has 0 spiro atoms. The van der Waals surface area contributed by atoms with Gasteiger partial charge in [-0.2, -0.15) is 5.26 Å². The van der Waals surface area contributed by atoms with Crippen molar-refractivity contribution in [2.45, 2.75) is 50.0 Å². The Morgan fingerprint density at radius 2 is 2.10 bits per heavy atom. The molecule has 2 aromatic rings. The van der Waals surface area contributed by atoms with Gasteiger partial charge in [0.1, 0.15) is 5.60 Å². The van der Waals surface area contributed by atoms with Gasteiger partial charge in [-0.25, -0.2) is 4.39 Å². The lowest BCUT2D eigenvalue weighted by molar-refractivity contribution is -0.134. The second kappa shape index (κ2) is 8.37. The van der Waals surface area contributed by atoms with Crippen LogP contribution in [0.3, 0.4) is 0 Å². The van der Waals surface area contributed by atoms with Gasteiger partial charge in [0, 0.05) is 28.2 Å². The molecule has 29 heavy (non-hydrogen) atoms. The van der Waals surface area contributed by atoms with E-state index < -0.39 is 17.1 Å². The molecule has 0 amide bonds. The van der Waals surface area contributed by atoms with Crippen LogP contribution in [0.15, 0.2) is 30.5 Å². The van der Waals surface area contributed by atoms with Crippen molar-refractivity contribution in [3.05, 3.63) is 62.9 Å². The summed E-state index contributed by atoms with van der Waals surface area (Å²) in [4.78, 5) is 17.0. The van der Waals surface area contributed by atoms with E-state index in [4.69, 9.17) is 28.5 Å². The fraction of sp³-hybridized carbons (Fsp3) is 0.381. The Morgan fingerprint density at radius 1 is 1.34 bits per heavy atom. The van der Waals surface area contributed by atoms with Gasteiger partial charge < -0.3 is 10.2 Å². The highest BCUT2D eigenvalue weighted by Crippen LogP contribution is 2.47. The number of carbonyl (C=O) groups is 1. The molecule has 0 aliphatic heterocycles. The smallest absolute Gasteiger partial charge is 0.195 e. The van der Waals surface area contributed by atoms with E-state index in [0.717, 1.165) is 0 Å². The molecule has 0 saturated carbocycles. The number of Topliss-reactive ketones (excluding diaryl/α,β-unsaturated/α-hetero) is 1. The molecule has 0 unspecified atom stereocenters. The number of nitrogens with zero attached hydrogens (tertiary/aromatic N) is 2. The molecule has 1 heterocycles. The molecule has 5 nitrogen and oxygen atoms in total. The molecule has 0 radical (unpaired) electrons. The second-order valence-electron chi connectivity index (χ2n) is 7.17. The summed E-state index contributed by atoms with van der Waals surface area (Å²) < 4.78 is 15.9. The number of carbonyl (C=O) groups excluding carboxylic acids is 1. The summed E-state index contributed by atoms with van der Waals surface area (Å²) >= 11 is 12.1. The minimum atomic E-state index is -2.32. The lowest BCUT2D eigenvalue weighted by atomic mass is 9.71. The summed E-state index contributed by atoms with van der Waals surface area (Å²) in [5.41, 5.74) is -2.84. The van der Waals surface area contributed by atoms with Crippen LogP contribution in [0.1, 0.15) is 48.1 Å². The standard InChI is InChI=1S/C21H19Cl2FN2O3/c22-14-10-13(12-27)15(17(23)11-14)3-4-18(28)21(24)6-5-20(29,7-8-25)19-16(21)2-1-9-26-19/h1-2,9-11,27,29H,3-7,12H2/t20-,21+/m1/s1. The Balaban J connectivity index is 1.89. The summed E-state index contributed by atoms with van der Waals surface area (Å²) in [5, 5.41) is 30.0. The maximum absolute atomic E-state index is 15.9. The zero-order valence-electron chi connectivity index (χ0n) is 15.5. The number of rotatable bonds is 6. The summed E-state index contributed by atoms with van der Waals surface area (Å²) in [6, 6.07) is 7.89. The summed E-state index contributed by atoms with van der Waals surface area (Å²) in [6.45, 7) is -0.307. The molecule has 152 valence electrons. The van der Waals surface area contributed by atoms with E-state index in [0.29, 0.717) is 21.2 Å². The highest BCUT2D eigenvalue weighted by atomic mass is 35.5. The molecule has 3 rings (SSSR count). The molecular formula is C21H19Cl2FN2O3. The van der Waals surface area contributed by atoms with Crippen LogP contribution in [-0.4, -0.2) is 21.0 Å². The third-order valence-electron chi connectivity index (χ3n) is 5.40. The van der Waals surface area contributed by atoms with Gasteiger partial charge in [-0.3, -0.25) is 9.78 Å². The van der Waals surface area contributed by atoms with Gasteiger partial charge in [0.25, 0.3) is 0 Å². The lowest BCUT2D eigenvalue weighted by Crippen LogP contribution is -2.43. The SMILES string of the molecule is N#CC[C@]1(O)CC[C@@](F)(C(=O)CCc2c(Cl)cc(Cl)cc2CO)c2cccnc21. The summed E-state index contributed by atoms with van der Waals surface area (Å²) in [7, 11) is 0. The maximum Gasteiger partial charge on any atom is 0.195 e. The number of aliphatic hydroxyl groups is 2. The predicted molar refractivity (Wildman–Crippen MR) is 106 cm³/mol. The van der Waals surface area contributed by atoms with Crippen molar-refractivity contribution >= 4 is 29.0 Å². The Hall–Kier alpha value is -2.04. The van der Waals surface area contributed by atoms with Crippen LogP contribution >= 0.6 is 23.2 Å². The minimum Gasteiger partial charge on any atom is -0.392 e. The first-order valence-electron chi connectivity index (χ1n) is 9.10. The third-order valence-corrected chi connectivity index (χ3v) is 5.95. The number of aromatic nitrogens is 1. The van der Waals surface area contributed by atoms with Gasteiger partial charge >= 0.3 is 0 Å². The predicted octanol–water partition coefficient (Wildman–Crippen LogP) is 4.14. The molecule has 0 saturated heterocycles. The Kier molecular flexibility index (Phi) is 6.25. The minimum absolute atomic E-state index is 0.00131. The van der Waals surface area contributed by atoms with E-state index in [1.54, 1.807) is 6.07 Å². The topological polar surface area (TPSA) is 94.2 Å². The van der Waals surface area contributed by atoms with E-state index in [9.17, 15) is 15.0 Å². The number of pyridine rings is 1. The molecule has 2 N–H and O–H groups in total. The van der Waals surface area contributed by atoms with Crippen LogP contribution < -0.4 is 0 Å². The number of aliphatic hydroxyl groups excluding tert-OH is 1. The van der Waals surface area contributed by atoms with E-state index in [2.05, 4.69) is 4.98 Å². The molecule has 2 atom stereocenters. The fourth-order valence-corrected chi connectivity index (χ4v) is 4.47. The zero-order chi connectivity index (χ0) is 21.2. The van der Waals surface area contributed by atoms with Crippen LogP contribution in [-0.2, 0) is 29.1 Å². The molecule has 0 bridgehead atoms. The van der Waals surface area contributed by atoms with Crippen molar-refractivity contribution in [2.24, 2.45) is 0 Å². The monoisotopic (exact) mass is 436 g/mol. The number of halogens is 3. The number of hydrogen-bond donors (Lipinski definition) is 2. The second-order valence-corrected chi connectivity index (χ2v) is 8.02. The first-order valence-corrected chi connectivity index (χ1v) is 9.86. The van der Waals surface area contributed by atoms with E-state index in [1.807, 2.05) is 6.07 Å². The highest BCUT2D eigenvalue weighted by molar-refractivity contribution is 6.35. The van der Waals surface area contributed by atoms with E-state index in [-0.39, 0.29) is 50.0 Å². The van der Waals surface area contributed by atoms with Crippen LogP contribution in [0.5, 0.6) is 0 Å². The quantitative estimate of drug-likeness (QED) is 0.709. The van der Waals surface area contributed by atoms with Crippen molar-refractivity contribution in [3.63, 3.8) is 0 Å². The van der Waals surface area contributed by atoms with Crippen molar-refractivity contribution < 1.29 is 19.4 Å². The van der Waals surface area contributed by atoms with Crippen molar-refractivity contribution in [1.82, 2.24) is 4.98 Å².